The number of ketones is 1. The van der Waals surface area contributed by atoms with Gasteiger partial charge in [-0.05, 0) is 97.1 Å². The molecule has 3 aliphatic rings. The van der Waals surface area contributed by atoms with Crippen LogP contribution in [0.3, 0.4) is 0 Å². The van der Waals surface area contributed by atoms with Crippen molar-refractivity contribution in [2.45, 2.75) is 51.4 Å². The van der Waals surface area contributed by atoms with Crippen molar-refractivity contribution in [3.63, 3.8) is 0 Å². The third-order valence-electron chi connectivity index (χ3n) is 9.63. The summed E-state index contributed by atoms with van der Waals surface area (Å²) in [5, 5.41) is 0. The Hall–Kier alpha value is -2.08. The quantitative estimate of drug-likeness (QED) is 0.108. The molecular weight excluding hydrogens is 730 g/mol. The summed E-state index contributed by atoms with van der Waals surface area (Å²) in [6.07, 6.45) is 13.9. The third kappa shape index (κ3) is 5.67. The number of aryl methyl sites for hydroxylation is 3. The number of nitrogens with zero attached hydrogens (tertiary/aromatic N) is 2. The fourth-order valence-corrected chi connectivity index (χ4v) is 7.82. The van der Waals surface area contributed by atoms with E-state index in [9.17, 15) is 9.59 Å². The predicted molar refractivity (Wildman–Crippen MR) is 140 cm³/mol. The van der Waals surface area contributed by atoms with Gasteiger partial charge >= 0.3 is 5.97 Å². The van der Waals surface area contributed by atoms with Gasteiger partial charge in [0.1, 0.15) is 19.7 Å². The number of aromatic nitrogens is 2. The van der Waals surface area contributed by atoms with Crippen molar-refractivity contribution < 1.29 is 76.5 Å². The number of pyridine rings is 2. The maximum absolute atomic E-state index is 13.6. The largest absolute Gasteiger partial charge is 1.00 e. The second-order valence-corrected chi connectivity index (χ2v) is 11.8. The smallest absolute Gasteiger partial charge is 0.392 e. The Morgan fingerprint density at radius 2 is 1.60 bits per heavy atom. The van der Waals surface area contributed by atoms with Gasteiger partial charge in [-0.2, -0.15) is 0 Å². The fraction of sp³-hybridized carbons (Fsp3) is 0.438. The molecule has 8 heteroatoms. The molecule has 40 heavy (non-hydrogen) atoms. The summed E-state index contributed by atoms with van der Waals surface area (Å²) in [6, 6.07) is 13.6. The molecule has 2 aromatic heterocycles. The molecule has 6 rings (SSSR count). The van der Waals surface area contributed by atoms with Crippen molar-refractivity contribution in [1.82, 2.24) is 0 Å². The van der Waals surface area contributed by atoms with Crippen molar-refractivity contribution in [3.8, 4) is 5.75 Å². The van der Waals surface area contributed by atoms with E-state index in [-0.39, 0.29) is 59.3 Å². The highest BCUT2D eigenvalue weighted by atomic mass is 127. The first-order chi connectivity index (χ1) is 18.3. The molecule has 0 amide bonds. The maximum atomic E-state index is 13.6. The molecule has 0 bridgehead atoms. The van der Waals surface area contributed by atoms with Crippen LogP contribution in [0, 0.1) is 23.2 Å². The van der Waals surface area contributed by atoms with Crippen LogP contribution in [0.2, 0.25) is 0 Å². The SMILES string of the molecule is C[n+]1cccc(C(=O)OOc2ccc3c(c2)CCC2C3CC[C@@]3(C)C2CC[C@@H]3C(=O)c2ccc[n+](C)c2)c1.[I-].[I-]. The van der Waals surface area contributed by atoms with E-state index in [1.54, 1.807) is 22.9 Å². The van der Waals surface area contributed by atoms with Gasteiger partial charge in [0.2, 0.25) is 0 Å². The first kappa shape index (κ1) is 30.9. The van der Waals surface area contributed by atoms with Gasteiger partial charge in [0, 0.05) is 18.1 Å². The van der Waals surface area contributed by atoms with E-state index in [4.69, 9.17) is 9.78 Å². The average molecular weight is 766 g/mol. The maximum Gasteiger partial charge on any atom is 0.392 e. The highest BCUT2D eigenvalue weighted by molar-refractivity contribution is 5.98. The number of fused-ring (bicyclic) bond motifs is 5. The molecule has 0 aliphatic heterocycles. The Morgan fingerprint density at radius 3 is 2.33 bits per heavy atom. The number of Topliss-reactive ketones (excluding diaryl/α,β-unsaturated/α-hetero) is 1. The second-order valence-electron chi connectivity index (χ2n) is 11.8. The number of hydrogen-bond acceptors (Lipinski definition) is 4. The van der Waals surface area contributed by atoms with Crippen LogP contribution in [0.1, 0.15) is 76.8 Å². The zero-order chi connectivity index (χ0) is 26.4. The molecule has 0 radical (unpaired) electrons. The van der Waals surface area contributed by atoms with Gasteiger partial charge < -0.3 is 48.0 Å². The normalized spacial score (nSPS) is 26.2. The molecule has 6 nitrogen and oxygen atoms in total. The lowest BCUT2D eigenvalue weighted by molar-refractivity contribution is -0.671. The highest BCUT2D eigenvalue weighted by Gasteiger charge is 2.56. The Kier molecular flexibility index (Phi) is 9.59. The van der Waals surface area contributed by atoms with Crippen molar-refractivity contribution in [1.29, 1.82) is 0 Å². The molecule has 3 aliphatic carbocycles. The lowest BCUT2D eigenvalue weighted by atomic mass is 9.53. The number of carbonyl (C=O) groups excluding carboxylic acids is 2. The minimum atomic E-state index is -0.514. The molecule has 0 spiro atoms. The second kappa shape index (κ2) is 12.4. The average Bonchev–Trinajstić information content (AvgIpc) is 3.28. The van der Waals surface area contributed by atoms with E-state index in [2.05, 4.69) is 13.0 Å². The van der Waals surface area contributed by atoms with Crippen molar-refractivity contribution in [2.75, 3.05) is 0 Å². The van der Waals surface area contributed by atoms with Crippen LogP contribution in [0.4, 0.5) is 0 Å². The van der Waals surface area contributed by atoms with Crippen molar-refractivity contribution in [2.24, 2.45) is 37.3 Å². The first-order valence-electron chi connectivity index (χ1n) is 13.8. The molecule has 212 valence electrons. The van der Waals surface area contributed by atoms with Crippen molar-refractivity contribution in [3.05, 3.63) is 89.5 Å². The molecule has 2 saturated carbocycles. The van der Waals surface area contributed by atoms with Gasteiger partial charge in [0.25, 0.3) is 0 Å². The summed E-state index contributed by atoms with van der Waals surface area (Å²) in [4.78, 5) is 36.6. The molecule has 2 heterocycles. The van der Waals surface area contributed by atoms with Crippen LogP contribution in [-0.2, 0) is 25.4 Å². The van der Waals surface area contributed by atoms with Gasteiger partial charge in [0.05, 0.1) is 5.56 Å². The molecule has 3 unspecified atom stereocenters. The number of benzene rings is 1. The lowest BCUT2D eigenvalue weighted by Crippen LogP contribution is -3.00. The molecule has 1 aromatic carbocycles. The fourth-order valence-electron chi connectivity index (χ4n) is 7.82. The van der Waals surface area contributed by atoms with Crippen LogP contribution in [0.15, 0.2) is 67.3 Å². The Morgan fingerprint density at radius 1 is 0.900 bits per heavy atom. The Labute approximate surface area is 270 Å². The van der Waals surface area contributed by atoms with E-state index < -0.39 is 5.97 Å². The van der Waals surface area contributed by atoms with Crippen LogP contribution < -0.4 is 62.0 Å². The van der Waals surface area contributed by atoms with Crippen LogP contribution in [-0.4, -0.2) is 11.8 Å². The van der Waals surface area contributed by atoms with E-state index in [0.717, 1.165) is 44.1 Å². The topological polar surface area (TPSA) is 60.4 Å². The van der Waals surface area contributed by atoms with E-state index in [1.165, 1.54) is 11.1 Å². The Bertz CT molecular complexity index is 1410. The van der Waals surface area contributed by atoms with Gasteiger partial charge in [-0.3, -0.25) is 9.68 Å². The number of hydrogen-bond donors (Lipinski definition) is 0. The first-order valence-corrected chi connectivity index (χ1v) is 13.8. The summed E-state index contributed by atoms with van der Waals surface area (Å²) in [5.41, 5.74) is 4.04. The van der Waals surface area contributed by atoms with Gasteiger partial charge in [0.15, 0.2) is 36.3 Å². The minimum absolute atomic E-state index is 0. The predicted octanol–water partition coefficient (Wildman–Crippen LogP) is -1.15. The molecule has 2 fully saturated rings. The third-order valence-corrected chi connectivity index (χ3v) is 9.63. The molecule has 3 aromatic rings. The standard InChI is InChI=1S/C32H36N2O4.2HI/c1-32-15-14-26-25-11-9-24(37-38-31(36)23-7-5-17-34(3)20-23)18-21(25)8-10-27(26)28(32)12-13-29(32)30(35)22-6-4-16-33(2)19-22;;/h4-7,9,11,16-20,26-29H,8,10,12-15H2,1-3H3;2*1H/q+2;;/p-2/t26?,27?,28?,29-,32+;;/m1../s1. The number of rotatable bonds is 5. The summed E-state index contributed by atoms with van der Waals surface area (Å²) in [7, 11) is 3.83. The lowest BCUT2D eigenvalue weighted by Gasteiger charge is -2.50. The summed E-state index contributed by atoms with van der Waals surface area (Å²) >= 11 is 0. The molecular formula is C32H36I2N2O4. The zero-order valence-corrected chi connectivity index (χ0v) is 27.5. The van der Waals surface area contributed by atoms with Gasteiger partial charge in [-0.1, -0.05) is 13.0 Å². The molecule has 0 N–H and O–H groups in total. The van der Waals surface area contributed by atoms with Gasteiger partial charge in [-0.25, -0.2) is 18.8 Å². The van der Waals surface area contributed by atoms with E-state index in [0.29, 0.717) is 34.8 Å². The van der Waals surface area contributed by atoms with Gasteiger partial charge in [-0.15, -0.1) is 0 Å². The summed E-state index contributed by atoms with van der Waals surface area (Å²) in [5.74, 6) is 2.16. The molecule has 5 atom stereocenters. The van der Waals surface area contributed by atoms with Crippen LogP contribution in [0.5, 0.6) is 5.75 Å². The zero-order valence-electron chi connectivity index (χ0n) is 23.2. The summed E-state index contributed by atoms with van der Waals surface area (Å²) in [6.45, 7) is 2.39. The van der Waals surface area contributed by atoms with E-state index in [1.807, 2.05) is 61.5 Å². The van der Waals surface area contributed by atoms with Crippen LogP contribution >= 0.6 is 0 Å². The van der Waals surface area contributed by atoms with Crippen molar-refractivity contribution >= 4 is 11.8 Å². The van der Waals surface area contributed by atoms with E-state index >= 15 is 0 Å². The summed E-state index contributed by atoms with van der Waals surface area (Å²) < 4.78 is 3.77. The van der Waals surface area contributed by atoms with Crippen LogP contribution in [0.25, 0.3) is 0 Å². The monoisotopic (exact) mass is 766 g/mol. The minimum Gasteiger partial charge on any atom is -1.00 e. The Balaban J connectivity index is 0.00000185. The molecule has 0 saturated heterocycles. The number of halogens is 2. The highest BCUT2D eigenvalue weighted by Crippen LogP contribution is 2.63. The number of carbonyl (C=O) groups is 2.